The molecule has 0 aliphatic carbocycles. The van der Waals surface area contributed by atoms with Gasteiger partial charge in [-0.25, -0.2) is 0 Å². The number of rotatable bonds is 6. The molecule has 1 aromatic heterocycles. The highest BCUT2D eigenvalue weighted by molar-refractivity contribution is 6.31. The molecule has 5 rings (SSSR count). The predicted octanol–water partition coefficient (Wildman–Crippen LogP) is 5.79. The van der Waals surface area contributed by atoms with Crippen LogP contribution in [-0.2, 0) is 16.9 Å². The van der Waals surface area contributed by atoms with Crippen molar-refractivity contribution in [2.24, 2.45) is 0 Å². The molecule has 5 nitrogen and oxygen atoms in total. The number of anilines is 1. The Kier molecular flexibility index (Phi) is 5.78. The zero-order valence-electron chi connectivity index (χ0n) is 18.0. The third-order valence-corrected chi connectivity index (χ3v) is 6.54. The number of ketones is 1. The van der Waals surface area contributed by atoms with E-state index in [4.69, 9.17) is 23.2 Å². The van der Waals surface area contributed by atoms with Crippen molar-refractivity contribution in [3.05, 3.63) is 118 Å². The normalized spacial score (nSPS) is 17.1. The third kappa shape index (κ3) is 4.03. The van der Waals surface area contributed by atoms with Gasteiger partial charge in [0.2, 0.25) is 0 Å². The molecular weight excluding hydrogens is 471 g/mol. The number of benzene rings is 3. The fourth-order valence-electron chi connectivity index (χ4n) is 4.28. The standard InChI is InChI=1S/C27H20Cl2N2O3/c28-20-7-3-18(4-8-20)17-31-24-12-9-21(29)15-23(24)27(34,26(31)33)16-25(32)19-5-10-22(11-6-19)30-13-1-2-14-30/h1-15,34H,16-17H2/t27-/m0/s1. The lowest BCUT2D eigenvalue weighted by molar-refractivity contribution is -0.136. The van der Waals surface area contributed by atoms with Gasteiger partial charge in [0.15, 0.2) is 11.4 Å². The number of aliphatic hydroxyl groups is 1. The van der Waals surface area contributed by atoms with Gasteiger partial charge in [-0.1, -0.05) is 35.3 Å². The van der Waals surface area contributed by atoms with Crippen LogP contribution in [0.3, 0.4) is 0 Å². The second-order valence-corrected chi connectivity index (χ2v) is 9.15. The first kappa shape index (κ1) is 22.4. The maximum absolute atomic E-state index is 13.5. The summed E-state index contributed by atoms with van der Waals surface area (Å²) in [5, 5.41) is 12.5. The fraction of sp³-hybridized carbons (Fsp3) is 0.111. The van der Waals surface area contributed by atoms with Crippen LogP contribution >= 0.6 is 23.2 Å². The molecule has 0 saturated carbocycles. The lowest BCUT2D eigenvalue weighted by atomic mass is 9.88. The zero-order chi connectivity index (χ0) is 23.9. The maximum Gasteiger partial charge on any atom is 0.264 e. The Morgan fingerprint density at radius 3 is 2.21 bits per heavy atom. The van der Waals surface area contributed by atoms with E-state index in [1.54, 1.807) is 42.5 Å². The second kappa shape index (κ2) is 8.76. The summed E-state index contributed by atoms with van der Waals surface area (Å²) in [7, 11) is 0. The van der Waals surface area contributed by atoms with Crippen LogP contribution in [0.15, 0.2) is 91.3 Å². The molecule has 0 fully saturated rings. The number of hydrogen-bond acceptors (Lipinski definition) is 3. The monoisotopic (exact) mass is 490 g/mol. The van der Waals surface area contributed by atoms with E-state index in [0.29, 0.717) is 26.9 Å². The lowest BCUT2D eigenvalue weighted by Gasteiger charge is -2.23. The number of halogens is 2. The van der Waals surface area contributed by atoms with Gasteiger partial charge in [-0.3, -0.25) is 9.59 Å². The van der Waals surface area contributed by atoms with Gasteiger partial charge in [-0.15, -0.1) is 0 Å². The first-order chi connectivity index (χ1) is 16.3. The zero-order valence-corrected chi connectivity index (χ0v) is 19.5. The maximum atomic E-state index is 13.5. The van der Waals surface area contributed by atoms with Gasteiger partial charge in [0, 0.05) is 39.3 Å². The first-order valence-corrected chi connectivity index (χ1v) is 11.5. The van der Waals surface area contributed by atoms with E-state index in [2.05, 4.69) is 0 Å². The van der Waals surface area contributed by atoms with Crippen molar-refractivity contribution in [2.75, 3.05) is 4.90 Å². The van der Waals surface area contributed by atoms with E-state index in [-0.39, 0.29) is 18.7 Å². The summed E-state index contributed by atoms with van der Waals surface area (Å²) < 4.78 is 1.93. The molecule has 1 N–H and O–H groups in total. The molecule has 4 aromatic rings. The lowest BCUT2D eigenvalue weighted by Crippen LogP contribution is -2.41. The van der Waals surface area contributed by atoms with Crippen LogP contribution in [0.4, 0.5) is 5.69 Å². The molecule has 1 aliphatic rings. The summed E-state index contributed by atoms with van der Waals surface area (Å²) in [5.41, 5.74) is 1.01. The fourth-order valence-corrected chi connectivity index (χ4v) is 4.58. The van der Waals surface area contributed by atoms with Crippen molar-refractivity contribution in [2.45, 2.75) is 18.6 Å². The van der Waals surface area contributed by atoms with Crippen LogP contribution in [0.25, 0.3) is 5.69 Å². The Labute approximate surface area is 206 Å². The van der Waals surface area contributed by atoms with Gasteiger partial charge in [-0.2, -0.15) is 0 Å². The van der Waals surface area contributed by atoms with Gasteiger partial charge < -0.3 is 14.6 Å². The number of nitrogens with zero attached hydrogens (tertiary/aromatic N) is 2. The number of hydrogen-bond donors (Lipinski definition) is 1. The largest absolute Gasteiger partial charge is 0.375 e. The Bertz CT molecular complexity index is 1370. The average Bonchev–Trinajstić information content (AvgIpc) is 3.44. The highest BCUT2D eigenvalue weighted by atomic mass is 35.5. The van der Waals surface area contributed by atoms with Gasteiger partial charge in [0.05, 0.1) is 18.7 Å². The van der Waals surface area contributed by atoms with Crippen molar-refractivity contribution >= 4 is 40.6 Å². The van der Waals surface area contributed by atoms with E-state index < -0.39 is 11.5 Å². The minimum absolute atomic E-state index is 0.229. The minimum Gasteiger partial charge on any atom is -0.375 e. The third-order valence-electron chi connectivity index (χ3n) is 6.06. The van der Waals surface area contributed by atoms with Crippen LogP contribution in [-0.4, -0.2) is 21.4 Å². The number of carbonyl (C=O) groups is 2. The summed E-state index contributed by atoms with van der Waals surface area (Å²) >= 11 is 12.2. The van der Waals surface area contributed by atoms with Crippen LogP contribution in [0.2, 0.25) is 10.0 Å². The van der Waals surface area contributed by atoms with E-state index in [0.717, 1.165) is 11.3 Å². The van der Waals surface area contributed by atoms with E-state index >= 15 is 0 Å². The smallest absolute Gasteiger partial charge is 0.264 e. The summed E-state index contributed by atoms with van der Waals surface area (Å²) in [5.74, 6) is -0.897. The van der Waals surface area contributed by atoms with Crippen molar-refractivity contribution < 1.29 is 14.7 Å². The molecule has 0 spiro atoms. The van der Waals surface area contributed by atoms with E-state index in [9.17, 15) is 14.7 Å². The summed E-state index contributed by atoms with van der Waals surface area (Å²) in [6, 6.07) is 22.9. The van der Waals surface area contributed by atoms with Crippen molar-refractivity contribution in [3.63, 3.8) is 0 Å². The predicted molar refractivity (Wildman–Crippen MR) is 133 cm³/mol. The van der Waals surface area contributed by atoms with Crippen LogP contribution in [0, 0.1) is 0 Å². The SMILES string of the molecule is O=C(C[C@@]1(O)C(=O)N(Cc2ccc(Cl)cc2)c2ccc(Cl)cc21)c1ccc(-n2cccc2)cc1. The molecule has 0 bridgehead atoms. The van der Waals surface area contributed by atoms with E-state index in [1.165, 1.54) is 4.90 Å². The Morgan fingerprint density at radius 1 is 0.882 bits per heavy atom. The van der Waals surface area contributed by atoms with Crippen molar-refractivity contribution in [1.82, 2.24) is 4.57 Å². The Balaban J connectivity index is 1.44. The van der Waals surface area contributed by atoms with Crippen molar-refractivity contribution in [3.8, 4) is 5.69 Å². The van der Waals surface area contributed by atoms with Gasteiger partial charge in [0.1, 0.15) is 0 Å². The van der Waals surface area contributed by atoms with Crippen LogP contribution < -0.4 is 4.90 Å². The number of carbonyl (C=O) groups excluding carboxylic acids is 2. The number of amides is 1. The molecule has 0 radical (unpaired) electrons. The topological polar surface area (TPSA) is 62.5 Å². The minimum atomic E-state index is -2.01. The van der Waals surface area contributed by atoms with Gasteiger partial charge >= 0.3 is 0 Å². The molecule has 170 valence electrons. The molecule has 1 aliphatic heterocycles. The molecule has 7 heteroatoms. The molecule has 2 heterocycles. The summed E-state index contributed by atoms with van der Waals surface area (Å²) in [6.45, 7) is 0.229. The first-order valence-electron chi connectivity index (χ1n) is 10.7. The summed E-state index contributed by atoms with van der Waals surface area (Å²) in [4.78, 5) is 28.1. The Morgan fingerprint density at radius 2 is 1.53 bits per heavy atom. The van der Waals surface area contributed by atoms with Gasteiger partial charge in [-0.05, 0) is 72.3 Å². The molecular formula is C27H20Cl2N2O3. The molecule has 1 amide bonds. The molecule has 0 unspecified atom stereocenters. The number of aromatic nitrogens is 1. The molecule has 34 heavy (non-hydrogen) atoms. The van der Waals surface area contributed by atoms with Gasteiger partial charge in [0.25, 0.3) is 5.91 Å². The highest BCUT2D eigenvalue weighted by Crippen LogP contribution is 2.44. The average molecular weight is 491 g/mol. The second-order valence-electron chi connectivity index (χ2n) is 8.28. The summed E-state index contributed by atoms with van der Waals surface area (Å²) in [6.07, 6.45) is 3.43. The number of fused-ring (bicyclic) bond motifs is 1. The Hall–Kier alpha value is -3.38. The highest BCUT2D eigenvalue weighted by Gasteiger charge is 2.51. The van der Waals surface area contributed by atoms with Crippen LogP contribution in [0.1, 0.15) is 27.9 Å². The quantitative estimate of drug-likeness (QED) is 0.347. The molecule has 1 atom stereocenters. The molecule has 3 aromatic carbocycles. The molecule has 0 saturated heterocycles. The van der Waals surface area contributed by atoms with E-state index in [1.807, 2.05) is 53.4 Å². The van der Waals surface area contributed by atoms with Crippen molar-refractivity contribution in [1.29, 1.82) is 0 Å². The number of Topliss-reactive ketones (excluding diaryl/α,β-unsaturated/α-hetero) is 1. The van der Waals surface area contributed by atoms with Crippen LogP contribution in [0.5, 0.6) is 0 Å².